The number of aromatic nitrogens is 1. The Balaban J connectivity index is 2.46. The van der Waals surface area contributed by atoms with Crippen LogP contribution in [0.2, 0.25) is 0 Å². The smallest absolute Gasteiger partial charge is 0.237 e. The van der Waals surface area contributed by atoms with E-state index in [0.29, 0.717) is 6.54 Å². The van der Waals surface area contributed by atoms with Crippen LogP contribution in [0.5, 0.6) is 0 Å². The Morgan fingerprint density at radius 2 is 2.19 bits per heavy atom. The van der Waals surface area contributed by atoms with E-state index in [4.69, 9.17) is 5.73 Å². The molecule has 0 radical (unpaired) electrons. The van der Waals surface area contributed by atoms with Gasteiger partial charge in [-0.15, -0.1) is 0 Å². The van der Waals surface area contributed by atoms with Crippen LogP contribution in [-0.4, -0.2) is 16.9 Å². The predicted molar refractivity (Wildman–Crippen MR) is 63.6 cm³/mol. The molecule has 16 heavy (non-hydrogen) atoms. The molecule has 0 saturated carbocycles. The van der Waals surface area contributed by atoms with Gasteiger partial charge in [0.05, 0.1) is 6.04 Å². The number of nitrogens with one attached hydrogen (secondary N) is 1. The van der Waals surface area contributed by atoms with E-state index in [2.05, 4.69) is 10.3 Å². The fourth-order valence-corrected chi connectivity index (χ4v) is 1.21. The first-order chi connectivity index (χ1) is 7.50. The first-order valence-corrected chi connectivity index (χ1v) is 5.45. The quantitative estimate of drug-likeness (QED) is 0.796. The molecular formula is C12H19N3O. The van der Waals surface area contributed by atoms with Crippen LogP contribution in [0.25, 0.3) is 0 Å². The number of carbonyl (C=O) groups excluding carboxylic acids is 1. The van der Waals surface area contributed by atoms with Crippen molar-refractivity contribution in [2.45, 2.75) is 33.4 Å². The minimum absolute atomic E-state index is 0.115. The summed E-state index contributed by atoms with van der Waals surface area (Å²) in [7, 11) is 0. The Bertz CT molecular complexity index is 346. The van der Waals surface area contributed by atoms with Gasteiger partial charge in [-0.1, -0.05) is 19.9 Å². The summed E-state index contributed by atoms with van der Waals surface area (Å²) in [6, 6.07) is 3.42. The molecular weight excluding hydrogens is 202 g/mol. The highest BCUT2D eigenvalue weighted by atomic mass is 16.2. The van der Waals surface area contributed by atoms with Gasteiger partial charge in [0.25, 0.3) is 0 Å². The third-order valence-electron chi connectivity index (χ3n) is 2.46. The molecule has 0 spiro atoms. The number of nitrogens with two attached hydrogens (primary N) is 1. The fourth-order valence-electron chi connectivity index (χ4n) is 1.21. The van der Waals surface area contributed by atoms with Crippen LogP contribution in [0.15, 0.2) is 18.3 Å². The molecule has 0 unspecified atom stereocenters. The number of nitrogens with zero attached hydrogens (tertiary/aromatic N) is 1. The van der Waals surface area contributed by atoms with E-state index in [1.807, 2.05) is 32.9 Å². The molecule has 0 aliphatic heterocycles. The monoisotopic (exact) mass is 221 g/mol. The Hall–Kier alpha value is -1.42. The van der Waals surface area contributed by atoms with Crippen LogP contribution in [0.1, 0.15) is 25.1 Å². The lowest BCUT2D eigenvalue weighted by Crippen LogP contribution is -2.43. The van der Waals surface area contributed by atoms with Crippen molar-refractivity contribution in [3.05, 3.63) is 29.6 Å². The molecule has 4 heteroatoms. The van der Waals surface area contributed by atoms with Crippen LogP contribution in [-0.2, 0) is 11.3 Å². The molecule has 1 aromatic rings. The van der Waals surface area contributed by atoms with E-state index in [0.717, 1.165) is 11.3 Å². The molecule has 1 amide bonds. The minimum Gasteiger partial charge on any atom is -0.351 e. The normalized spacial score (nSPS) is 12.6. The summed E-state index contributed by atoms with van der Waals surface area (Å²) in [5, 5.41) is 2.80. The van der Waals surface area contributed by atoms with Crippen molar-refractivity contribution in [3.8, 4) is 0 Å². The van der Waals surface area contributed by atoms with Crippen molar-refractivity contribution in [2.24, 2.45) is 11.7 Å². The van der Waals surface area contributed by atoms with Crippen molar-refractivity contribution < 1.29 is 4.79 Å². The molecule has 3 N–H and O–H groups in total. The maximum Gasteiger partial charge on any atom is 0.237 e. The number of aryl methyl sites for hydroxylation is 1. The van der Waals surface area contributed by atoms with Gasteiger partial charge in [0.2, 0.25) is 5.91 Å². The number of rotatable bonds is 4. The van der Waals surface area contributed by atoms with Crippen molar-refractivity contribution in [3.63, 3.8) is 0 Å². The fraction of sp³-hybridized carbons (Fsp3) is 0.500. The molecule has 0 fully saturated rings. The Morgan fingerprint density at radius 3 is 2.69 bits per heavy atom. The molecule has 88 valence electrons. The molecule has 4 nitrogen and oxygen atoms in total. The molecule has 1 rings (SSSR count). The summed E-state index contributed by atoms with van der Waals surface area (Å²) >= 11 is 0. The third-order valence-corrected chi connectivity index (χ3v) is 2.46. The highest BCUT2D eigenvalue weighted by molar-refractivity contribution is 5.81. The zero-order valence-electron chi connectivity index (χ0n) is 10.0. The standard InChI is InChI=1S/C12H19N3O/c1-8(2)11(13)12(16)15-7-10-5-4-9(3)14-6-10/h4-6,8,11H,7,13H2,1-3H3,(H,15,16)/t11-/m0/s1. The molecule has 0 bridgehead atoms. The van der Waals surface area contributed by atoms with E-state index in [1.165, 1.54) is 0 Å². The SMILES string of the molecule is Cc1ccc(CNC(=O)[C@@H](N)C(C)C)cn1. The van der Waals surface area contributed by atoms with Gasteiger partial charge in [-0.25, -0.2) is 0 Å². The zero-order chi connectivity index (χ0) is 12.1. The molecule has 1 heterocycles. The van der Waals surface area contributed by atoms with Gasteiger partial charge in [0, 0.05) is 18.4 Å². The Kier molecular flexibility index (Phi) is 4.43. The predicted octanol–water partition coefficient (Wildman–Crippen LogP) is 0.990. The molecule has 1 aromatic heterocycles. The van der Waals surface area contributed by atoms with Crippen molar-refractivity contribution in [1.29, 1.82) is 0 Å². The summed E-state index contributed by atoms with van der Waals surface area (Å²) in [6.45, 7) is 6.26. The summed E-state index contributed by atoms with van der Waals surface area (Å²) in [5.41, 5.74) is 7.67. The first-order valence-electron chi connectivity index (χ1n) is 5.45. The van der Waals surface area contributed by atoms with Gasteiger partial charge in [0.1, 0.15) is 0 Å². The van der Waals surface area contributed by atoms with Gasteiger partial charge < -0.3 is 11.1 Å². The second-order valence-electron chi connectivity index (χ2n) is 4.30. The number of carbonyl (C=O) groups is 1. The van der Waals surface area contributed by atoms with Gasteiger partial charge in [-0.05, 0) is 24.5 Å². The minimum atomic E-state index is -0.446. The van der Waals surface area contributed by atoms with Gasteiger partial charge in [0.15, 0.2) is 0 Å². The lowest BCUT2D eigenvalue weighted by molar-refractivity contribution is -0.123. The Labute approximate surface area is 96.3 Å². The molecule has 0 aliphatic carbocycles. The van der Waals surface area contributed by atoms with E-state index in [9.17, 15) is 4.79 Å². The lowest BCUT2D eigenvalue weighted by Gasteiger charge is -2.15. The molecule has 1 atom stereocenters. The van der Waals surface area contributed by atoms with Crippen molar-refractivity contribution >= 4 is 5.91 Å². The number of amides is 1. The average Bonchev–Trinajstić information content (AvgIpc) is 2.26. The summed E-state index contributed by atoms with van der Waals surface area (Å²) in [6.07, 6.45) is 1.76. The molecule has 0 aliphatic rings. The van der Waals surface area contributed by atoms with E-state index in [-0.39, 0.29) is 11.8 Å². The highest BCUT2D eigenvalue weighted by Gasteiger charge is 2.16. The van der Waals surface area contributed by atoms with Crippen LogP contribution in [0.3, 0.4) is 0 Å². The maximum atomic E-state index is 11.6. The van der Waals surface area contributed by atoms with Crippen LogP contribution < -0.4 is 11.1 Å². The highest BCUT2D eigenvalue weighted by Crippen LogP contribution is 2.01. The van der Waals surface area contributed by atoms with Gasteiger partial charge >= 0.3 is 0 Å². The van der Waals surface area contributed by atoms with Crippen LogP contribution in [0.4, 0.5) is 0 Å². The van der Waals surface area contributed by atoms with Gasteiger partial charge in [-0.2, -0.15) is 0 Å². The first kappa shape index (κ1) is 12.6. The maximum absolute atomic E-state index is 11.6. The zero-order valence-corrected chi connectivity index (χ0v) is 10.0. The molecule has 0 aromatic carbocycles. The second kappa shape index (κ2) is 5.61. The van der Waals surface area contributed by atoms with Crippen molar-refractivity contribution in [1.82, 2.24) is 10.3 Å². The van der Waals surface area contributed by atoms with E-state index in [1.54, 1.807) is 6.20 Å². The van der Waals surface area contributed by atoms with Gasteiger partial charge in [-0.3, -0.25) is 9.78 Å². The lowest BCUT2D eigenvalue weighted by atomic mass is 10.1. The summed E-state index contributed by atoms with van der Waals surface area (Å²) in [4.78, 5) is 15.7. The summed E-state index contributed by atoms with van der Waals surface area (Å²) in [5.74, 6) is 0.0340. The van der Waals surface area contributed by atoms with E-state index >= 15 is 0 Å². The largest absolute Gasteiger partial charge is 0.351 e. The number of pyridine rings is 1. The second-order valence-corrected chi connectivity index (χ2v) is 4.30. The topological polar surface area (TPSA) is 68.0 Å². The average molecular weight is 221 g/mol. The Morgan fingerprint density at radius 1 is 1.50 bits per heavy atom. The van der Waals surface area contributed by atoms with Crippen LogP contribution >= 0.6 is 0 Å². The third kappa shape index (κ3) is 3.62. The summed E-state index contributed by atoms with van der Waals surface area (Å²) < 4.78 is 0. The molecule has 0 saturated heterocycles. The number of hydrogen-bond donors (Lipinski definition) is 2. The van der Waals surface area contributed by atoms with Crippen molar-refractivity contribution in [2.75, 3.05) is 0 Å². The number of hydrogen-bond acceptors (Lipinski definition) is 3. The van der Waals surface area contributed by atoms with Crippen LogP contribution in [0, 0.1) is 12.8 Å². The van der Waals surface area contributed by atoms with E-state index < -0.39 is 6.04 Å².